The van der Waals surface area contributed by atoms with Crippen molar-refractivity contribution in [1.29, 1.82) is 0 Å². The van der Waals surface area contributed by atoms with E-state index in [4.69, 9.17) is 0 Å². The first-order valence-corrected chi connectivity index (χ1v) is 9.61. The Kier molecular flexibility index (Phi) is 6.92. The molecule has 0 bridgehead atoms. The van der Waals surface area contributed by atoms with Crippen molar-refractivity contribution in [3.8, 4) is 0 Å². The summed E-state index contributed by atoms with van der Waals surface area (Å²) in [7, 11) is 3.89. The van der Waals surface area contributed by atoms with Crippen LogP contribution in [-0.2, 0) is 0 Å². The van der Waals surface area contributed by atoms with E-state index < -0.39 is 16.7 Å². The van der Waals surface area contributed by atoms with Crippen molar-refractivity contribution in [3.05, 3.63) is 99.6 Å². The summed E-state index contributed by atoms with van der Waals surface area (Å²) in [5.41, 5.74) is 4.94. The van der Waals surface area contributed by atoms with Gasteiger partial charge >= 0.3 is 0 Å². The normalized spacial score (nSPS) is 10.6. The number of para-hydroxylation sites is 1. The van der Waals surface area contributed by atoms with Crippen molar-refractivity contribution >= 4 is 35.1 Å². The summed E-state index contributed by atoms with van der Waals surface area (Å²) in [5.74, 6) is -0.990. The third kappa shape index (κ3) is 5.54. The third-order valence-electron chi connectivity index (χ3n) is 4.55. The molecule has 3 rings (SSSR count). The van der Waals surface area contributed by atoms with Gasteiger partial charge in [-0.3, -0.25) is 19.7 Å². The molecule has 3 aromatic carbocycles. The number of rotatable bonds is 7. The van der Waals surface area contributed by atoms with E-state index >= 15 is 0 Å². The maximum absolute atomic E-state index is 12.6. The summed E-state index contributed by atoms with van der Waals surface area (Å²) in [4.78, 5) is 37.3. The van der Waals surface area contributed by atoms with Gasteiger partial charge in [-0.2, -0.15) is 5.10 Å². The number of benzene rings is 3. The van der Waals surface area contributed by atoms with Crippen molar-refractivity contribution in [2.45, 2.75) is 0 Å². The number of carbonyl (C=O) groups excluding carboxylic acids is 2. The van der Waals surface area contributed by atoms with E-state index in [-0.39, 0.29) is 16.8 Å². The van der Waals surface area contributed by atoms with Crippen molar-refractivity contribution in [3.63, 3.8) is 0 Å². The van der Waals surface area contributed by atoms with Crippen LogP contribution in [-0.4, -0.2) is 37.0 Å². The minimum absolute atomic E-state index is 0.115. The molecule has 162 valence electrons. The Hall–Kier alpha value is -4.53. The fraction of sp³-hybridized carbons (Fsp3) is 0.0870. The zero-order chi connectivity index (χ0) is 23.1. The first-order valence-electron chi connectivity index (χ1n) is 9.61. The Morgan fingerprint density at radius 2 is 1.59 bits per heavy atom. The molecule has 2 amide bonds. The number of nitro groups is 1. The summed E-state index contributed by atoms with van der Waals surface area (Å²) in [6, 6.07) is 19.3. The minimum atomic E-state index is -0.543. The number of hydrogen-bond acceptors (Lipinski definition) is 6. The number of carbonyl (C=O) groups is 2. The molecule has 0 heterocycles. The molecule has 0 fully saturated rings. The molecule has 9 nitrogen and oxygen atoms in total. The van der Waals surface area contributed by atoms with Crippen LogP contribution in [0.15, 0.2) is 77.9 Å². The Bertz CT molecular complexity index is 1160. The van der Waals surface area contributed by atoms with Crippen molar-refractivity contribution in [2.24, 2.45) is 5.10 Å². The van der Waals surface area contributed by atoms with E-state index in [9.17, 15) is 19.7 Å². The van der Waals surface area contributed by atoms with Crippen LogP contribution in [0.4, 0.5) is 17.1 Å². The van der Waals surface area contributed by atoms with Crippen LogP contribution in [0.3, 0.4) is 0 Å². The lowest BCUT2D eigenvalue weighted by molar-refractivity contribution is -0.384. The zero-order valence-electron chi connectivity index (χ0n) is 17.5. The van der Waals surface area contributed by atoms with Gasteiger partial charge < -0.3 is 10.2 Å². The van der Waals surface area contributed by atoms with Gasteiger partial charge in [-0.15, -0.1) is 0 Å². The van der Waals surface area contributed by atoms with Gasteiger partial charge in [0.05, 0.1) is 22.4 Å². The molecule has 0 atom stereocenters. The van der Waals surface area contributed by atoms with E-state index in [2.05, 4.69) is 15.8 Å². The number of anilines is 2. The number of hydrogen-bond donors (Lipinski definition) is 2. The number of non-ortho nitro benzene ring substituents is 1. The van der Waals surface area contributed by atoms with Gasteiger partial charge in [0.25, 0.3) is 17.5 Å². The first kappa shape index (κ1) is 22.2. The third-order valence-corrected chi connectivity index (χ3v) is 4.55. The number of hydrazone groups is 1. The standard InChI is InChI=1S/C23H21N5O4/c1-27(2)18-11-7-16(8-12-18)15-24-26-23(30)20-5-3-4-6-21(20)25-22(29)17-9-13-19(14-10-17)28(31)32/h3-15H,1-2H3,(H,25,29)(H,26,30)/b24-15+. The van der Waals surface area contributed by atoms with Gasteiger partial charge in [-0.1, -0.05) is 24.3 Å². The molecule has 0 radical (unpaired) electrons. The maximum atomic E-state index is 12.6. The van der Waals surface area contributed by atoms with Crippen LogP contribution in [0.1, 0.15) is 26.3 Å². The number of nitro benzene ring substituents is 1. The van der Waals surface area contributed by atoms with Gasteiger partial charge in [0.1, 0.15) is 0 Å². The molecule has 0 aromatic heterocycles. The molecular weight excluding hydrogens is 410 g/mol. The quantitative estimate of drug-likeness (QED) is 0.336. The van der Waals surface area contributed by atoms with Gasteiger partial charge in [0, 0.05) is 37.5 Å². The molecule has 0 saturated heterocycles. The Morgan fingerprint density at radius 1 is 0.938 bits per heavy atom. The number of nitrogens with one attached hydrogen (secondary N) is 2. The van der Waals surface area contributed by atoms with Crippen molar-refractivity contribution < 1.29 is 14.5 Å². The highest BCUT2D eigenvalue weighted by atomic mass is 16.6. The number of amides is 2. The monoisotopic (exact) mass is 431 g/mol. The van der Waals surface area contributed by atoms with Crippen LogP contribution in [0.5, 0.6) is 0 Å². The predicted octanol–water partition coefficient (Wildman–Crippen LogP) is 3.68. The van der Waals surface area contributed by atoms with Gasteiger partial charge in [0.15, 0.2) is 0 Å². The molecule has 0 aliphatic carbocycles. The second-order valence-corrected chi connectivity index (χ2v) is 6.99. The van der Waals surface area contributed by atoms with E-state index in [1.54, 1.807) is 24.3 Å². The SMILES string of the molecule is CN(C)c1ccc(/C=N/NC(=O)c2ccccc2NC(=O)c2ccc([N+](=O)[O-])cc2)cc1. The lowest BCUT2D eigenvalue weighted by Crippen LogP contribution is -2.21. The molecule has 9 heteroatoms. The van der Waals surface area contributed by atoms with E-state index in [0.29, 0.717) is 5.69 Å². The van der Waals surface area contributed by atoms with Crippen LogP contribution < -0.4 is 15.6 Å². The molecule has 32 heavy (non-hydrogen) atoms. The van der Waals surface area contributed by atoms with E-state index in [0.717, 1.165) is 11.3 Å². The summed E-state index contributed by atoms with van der Waals surface area (Å²) in [6.07, 6.45) is 1.52. The van der Waals surface area contributed by atoms with Crippen LogP contribution >= 0.6 is 0 Å². The van der Waals surface area contributed by atoms with Crippen molar-refractivity contribution in [1.82, 2.24) is 5.43 Å². The highest BCUT2D eigenvalue weighted by molar-refractivity contribution is 6.09. The fourth-order valence-electron chi connectivity index (χ4n) is 2.80. The molecule has 0 unspecified atom stereocenters. The molecule has 0 spiro atoms. The smallest absolute Gasteiger partial charge is 0.273 e. The summed E-state index contributed by atoms with van der Waals surface area (Å²) >= 11 is 0. The Balaban J connectivity index is 1.67. The topological polar surface area (TPSA) is 117 Å². The first-order chi connectivity index (χ1) is 15.3. The van der Waals surface area contributed by atoms with E-state index in [1.165, 1.54) is 30.5 Å². The fourth-order valence-corrected chi connectivity index (χ4v) is 2.80. The average Bonchev–Trinajstić information content (AvgIpc) is 2.79. The Morgan fingerprint density at radius 3 is 2.22 bits per heavy atom. The van der Waals surface area contributed by atoms with Gasteiger partial charge in [0.2, 0.25) is 0 Å². The second kappa shape index (κ2) is 9.98. The van der Waals surface area contributed by atoms with Gasteiger partial charge in [-0.25, -0.2) is 5.43 Å². The molecular formula is C23H21N5O4. The zero-order valence-corrected chi connectivity index (χ0v) is 17.5. The molecule has 0 aliphatic heterocycles. The van der Waals surface area contributed by atoms with Crippen LogP contribution in [0, 0.1) is 10.1 Å². The summed E-state index contributed by atoms with van der Waals surface area (Å²) in [5, 5.41) is 17.4. The molecule has 3 aromatic rings. The second-order valence-electron chi connectivity index (χ2n) is 6.99. The average molecular weight is 431 g/mol. The Labute approximate surface area is 184 Å². The van der Waals surface area contributed by atoms with Crippen LogP contribution in [0.2, 0.25) is 0 Å². The van der Waals surface area contributed by atoms with Crippen molar-refractivity contribution in [2.75, 3.05) is 24.3 Å². The minimum Gasteiger partial charge on any atom is -0.378 e. The molecule has 2 N–H and O–H groups in total. The lowest BCUT2D eigenvalue weighted by atomic mass is 10.1. The highest BCUT2D eigenvalue weighted by Crippen LogP contribution is 2.18. The number of nitrogens with zero attached hydrogens (tertiary/aromatic N) is 3. The lowest BCUT2D eigenvalue weighted by Gasteiger charge is -2.11. The van der Waals surface area contributed by atoms with E-state index in [1.807, 2.05) is 43.3 Å². The summed E-state index contributed by atoms with van der Waals surface area (Å²) < 4.78 is 0. The van der Waals surface area contributed by atoms with Crippen LogP contribution in [0.25, 0.3) is 0 Å². The maximum Gasteiger partial charge on any atom is 0.273 e. The highest BCUT2D eigenvalue weighted by Gasteiger charge is 2.14. The van der Waals surface area contributed by atoms with Gasteiger partial charge in [-0.05, 0) is 42.0 Å². The predicted molar refractivity (Wildman–Crippen MR) is 123 cm³/mol. The largest absolute Gasteiger partial charge is 0.378 e. The molecule has 0 aliphatic rings. The molecule has 0 saturated carbocycles. The summed E-state index contributed by atoms with van der Waals surface area (Å²) in [6.45, 7) is 0.